The van der Waals surface area contributed by atoms with E-state index in [4.69, 9.17) is 4.74 Å². The molecule has 0 bridgehead atoms. The highest BCUT2D eigenvalue weighted by Gasteiger charge is 2.03. The van der Waals surface area contributed by atoms with Crippen molar-refractivity contribution >= 4 is 17.7 Å². The van der Waals surface area contributed by atoms with Crippen LogP contribution in [0.2, 0.25) is 0 Å². The van der Waals surface area contributed by atoms with Crippen molar-refractivity contribution < 1.29 is 13.9 Å². The Hall–Kier alpha value is -2.01. The summed E-state index contributed by atoms with van der Waals surface area (Å²) in [5.74, 6) is 1.69. The zero-order chi connectivity index (χ0) is 15.8. The molecule has 2 aromatic carbocycles. The second-order valence-electron chi connectivity index (χ2n) is 4.74. The molecule has 22 heavy (non-hydrogen) atoms. The van der Waals surface area contributed by atoms with E-state index in [-0.39, 0.29) is 11.7 Å². The summed E-state index contributed by atoms with van der Waals surface area (Å²) in [6.07, 6.45) is 0. The Balaban J connectivity index is 1.67. The van der Waals surface area contributed by atoms with Crippen LogP contribution in [0.1, 0.15) is 11.1 Å². The highest BCUT2D eigenvalue weighted by atomic mass is 32.2. The van der Waals surface area contributed by atoms with Crippen LogP contribution in [0.25, 0.3) is 0 Å². The minimum Gasteiger partial charge on any atom is -0.497 e. The van der Waals surface area contributed by atoms with Crippen LogP contribution in [-0.2, 0) is 17.1 Å². The van der Waals surface area contributed by atoms with Crippen molar-refractivity contribution in [2.45, 2.75) is 12.3 Å². The Morgan fingerprint density at radius 1 is 1.09 bits per heavy atom. The van der Waals surface area contributed by atoms with E-state index in [2.05, 4.69) is 5.32 Å². The SMILES string of the molecule is COc1ccc(CSCC(=O)NCc2ccc(F)cc2)cc1. The van der Waals surface area contributed by atoms with Gasteiger partial charge in [0.1, 0.15) is 11.6 Å². The number of hydrogen-bond donors (Lipinski definition) is 1. The molecule has 0 heterocycles. The Morgan fingerprint density at radius 3 is 2.36 bits per heavy atom. The van der Waals surface area contributed by atoms with Crippen LogP contribution in [0, 0.1) is 5.82 Å². The number of benzene rings is 2. The molecule has 0 aliphatic carbocycles. The Bertz CT molecular complexity index is 599. The Kier molecular flexibility index (Phi) is 6.27. The number of carbonyl (C=O) groups is 1. The predicted octanol–water partition coefficient (Wildman–Crippen LogP) is 3.38. The molecule has 0 aliphatic rings. The fourth-order valence-corrected chi connectivity index (χ4v) is 2.65. The van der Waals surface area contributed by atoms with Crippen molar-refractivity contribution in [3.05, 3.63) is 65.5 Å². The third-order valence-electron chi connectivity index (χ3n) is 3.06. The van der Waals surface area contributed by atoms with Crippen molar-refractivity contribution in [3.8, 4) is 5.75 Å². The quantitative estimate of drug-likeness (QED) is 0.850. The Labute approximate surface area is 133 Å². The lowest BCUT2D eigenvalue weighted by Gasteiger charge is -2.06. The first-order valence-electron chi connectivity index (χ1n) is 6.89. The molecule has 2 aromatic rings. The number of amides is 1. The first-order chi connectivity index (χ1) is 10.7. The molecule has 0 atom stereocenters. The zero-order valence-corrected chi connectivity index (χ0v) is 13.2. The molecule has 0 saturated carbocycles. The molecule has 0 fully saturated rings. The van der Waals surface area contributed by atoms with Gasteiger partial charge in [-0.25, -0.2) is 4.39 Å². The van der Waals surface area contributed by atoms with Crippen molar-refractivity contribution in [1.82, 2.24) is 5.32 Å². The van der Waals surface area contributed by atoms with E-state index in [1.807, 2.05) is 24.3 Å². The maximum absolute atomic E-state index is 12.8. The summed E-state index contributed by atoms with van der Waals surface area (Å²) in [7, 11) is 1.63. The Morgan fingerprint density at radius 2 is 1.73 bits per heavy atom. The van der Waals surface area contributed by atoms with Gasteiger partial charge >= 0.3 is 0 Å². The number of methoxy groups -OCH3 is 1. The third kappa shape index (κ3) is 5.41. The van der Waals surface area contributed by atoms with Gasteiger partial charge < -0.3 is 10.1 Å². The molecule has 116 valence electrons. The molecule has 0 saturated heterocycles. The van der Waals surface area contributed by atoms with E-state index >= 15 is 0 Å². The van der Waals surface area contributed by atoms with E-state index in [0.717, 1.165) is 22.6 Å². The van der Waals surface area contributed by atoms with E-state index in [1.165, 1.54) is 12.1 Å². The number of halogens is 1. The summed E-state index contributed by atoms with van der Waals surface area (Å²) < 4.78 is 17.9. The summed E-state index contributed by atoms with van der Waals surface area (Å²) in [6, 6.07) is 13.9. The zero-order valence-electron chi connectivity index (χ0n) is 12.3. The number of hydrogen-bond acceptors (Lipinski definition) is 3. The first kappa shape index (κ1) is 16.4. The molecule has 5 heteroatoms. The standard InChI is InChI=1S/C17H18FNO2S/c1-21-16-8-4-14(5-9-16)11-22-12-17(20)19-10-13-2-6-15(18)7-3-13/h2-9H,10-12H2,1H3,(H,19,20). The fraction of sp³-hybridized carbons (Fsp3) is 0.235. The van der Waals surface area contributed by atoms with Crippen molar-refractivity contribution in [3.63, 3.8) is 0 Å². The van der Waals surface area contributed by atoms with Crippen LogP contribution in [0.4, 0.5) is 4.39 Å². The lowest BCUT2D eigenvalue weighted by atomic mass is 10.2. The van der Waals surface area contributed by atoms with Crippen LogP contribution in [0.15, 0.2) is 48.5 Å². The van der Waals surface area contributed by atoms with Gasteiger partial charge in [0.25, 0.3) is 0 Å². The summed E-state index contributed by atoms with van der Waals surface area (Å²) >= 11 is 1.55. The molecule has 0 aliphatic heterocycles. The maximum Gasteiger partial charge on any atom is 0.230 e. The van der Waals surface area contributed by atoms with Crippen LogP contribution in [-0.4, -0.2) is 18.8 Å². The molecule has 0 aromatic heterocycles. The average molecular weight is 319 g/mol. The van der Waals surface area contributed by atoms with Gasteiger partial charge in [0.15, 0.2) is 0 Å². The first-order valence-corrected chi connectivity index (χ1v) is 8.04. The third-order valence-corrected chi connectivity index (χ3v) is 4.07. The van der Waals surface area contributed by atoms with Gasteiger partial charge in [0.2, 0.25) is 5.91 Å². The monoisotopic (exact) mass is 319 g/mol. The average Bonchev–Trinajstić information content (AvgIpc) is 2.55. The minimum absolute atomic E-state index is 0.0252. The van der Waals surface area contributed by atoms with Crippen LogP contribution in [0.5, 0.6) is 5.75 Å². The number of nitrogens with one attached hydrogen (secondary N) is 1. The summed E-state index contributed by atoms with van der Waals surface area (Å²) in [5.41, 5.74) is 2.03. The summed E-state index contributed by atoms with van der Waals surface area (Å²) in [6.45, 7) is 0.419. The second kappa shape index (κ2) is 8.44. The van der Waals surface area contributed by atoms with Gasteiger partial charge in [0.05, 0.1) is 12.9 Å². The lowest BCUT2D eigenvalue weighted by molar-refractivity contribution is -0.118. The molecule has 1 N–H and O–H groups in total. The van der Waals surface area contributed by atoms with Gasteiger partial charge in [-0.2, -0.15) is 0 Å². The highest BCUT2D eigenvalue weighted by molar-refractivity contribution is 7.99. The molecule has 0 unspecified atom stereocenters. The van der Waals surface area contributed by atoms with Gasteiger partial charge in [-0.05, 0) is 35.4 Å². The summed E-state index contributed by atoms with van der Waals surface area (Å²) in [5, 5.41) is 2.82. The van der Waals surface area contributed by atoms with E-state index < -0.39 is 0 Å². The minimum atomic E-state index is -0.273. The normalized spacial score (nSPS) is 10.3. The maximum atomic E-state index is 12.8. The van der Waals surface area contributed by atoms with Crippen molar-refractivity contribution in [2.24, 2.45) is 0 Å². The second-order valence-corrected chi connectivity index (χ2v) is 5.73. The van der Waals surface area contributed by atoms with Crippen molar-refractivity contribution in [2.75, 3.05) is 12.9 Å². The van der Waals surface area contributed by atoms with Crippen molar-refractivity contribution in [1.29, 1.82) is 0 Å². The van der Waals surface area contributed by atoms with E-state index in [0.29, 0.717) is 12.3 Å². The molecule has 0 spiro atoms. The molecular formula is C17H18FNO2S. The molecule has 1 amide bonds. The van der Waals surface area contributed by atoms with Gasteiger partial charge in [-0.3, -0.25) is 4.79 Å². The van der Waals surface area contributed by atoms with Gasteiger partial charge in [-0.1, -0.05) is 24.3 Å². The topological polar surface area (TPSA) is 38.3 Å². The largest absolute Gasteiger partial charge is 0.497 e. The number of rotatable bonds is 7. The van der Waals surface area contributed by atoms with Crippen LogP contribution < -0.4 is 10.1 Å². The van der Waals surface area contributed by atoms with Gasteiger partial charge in [-0.15, -0.1) is 11.8 Å². The van der Waals surface area contributed by atoms with E-state index in [9.17, 15) is 9.18 Å². The highest BCUT2D eigenvalue weighted by Crippen LogP contribution is 2.16. The molecule has 0 radical (unpaired) electrons. The fourth-order valence-electron chi connectivity index (χ4n) is 1.84. The smallest absolute Gasteiger partial charge is 0.230 e. The lowest BCUT2D eigenvalue weighted by Crippen LogP contribution is -2.24. The predicted molar refractivity (Wildman–Crippen MR) is 87.4 cm³/mol. The van der Waals surface area contributed by atoms with E-state index in [1.54, 1.807) is 31.0 Å². The molecule has 3 nitrogen and oxygen atoms in total. The molecular weight excluding hydrogens is 301 g/mol. The van der Waals surface area contributed by atoms with Crippen LogP contribution in [0.3, 0.4) is 0 Å². The number of ether oxygens (including phenoxy) is 1. The van der Waals surface area contributed by atoms with Crippen LogP contribution >= 0.6 is 11.8 Å². The molecule has 2 rings (SSSR count). The number of carbonyl (C=O) groups excluding carboxylic acids is 1. The van der Waals surface area contributed by atoms with Gasteiger partial charge in [0, 0.05) is 12.3 Å². The number of thioether (sulfide) groups is 1. The summed E-state index contributed by atoms with van der Waals surface area (Å²) in [4.78, 5) is 11.7.